The Hall–Kier alpha value is -2.03. The third-order valence-electron chi connectivity index (χ3n) is 2.43. The predicted octanol–water partition coefficient (Wildman–Crippen LogP) is 2.08. The molecule has 20 heavy (non-hydrogen) atoms. The van der Waals surface area contributed by atoms with Crippen molar-refractivity contribution in [3.8, 4) is 0 Å². The van der Waals surface area contributed by atoms with Gasteiger partial charge in [-0.25, -0.2) is 0 Å². The van der Waals surface area contributed by atoms with E-state index >= 15 is 0 Å². The Bertz CT molecular complexity index is 660. The average Bonchev–Trinajstić information content (AvgIpc) is 2.82. The maximum Gasteiger partial charge on any atom is 0.436 e. The lowest BCUT2D eigenvalue weighted by molar-refractivity contribution is -0.141. The van der Waals surface area contributed by atoms with Gasteiger partial charge in [0.2, 0.25) is 0 Å². The molecule has 0 saturated heterocycles. The summed E-state index contributed by atoms with van der Waals surface area (Å²) in [5.41, 5.74) is -1.68. The second-order valence-electron chi connectivity index (χ2n) is 3.96. The molecule has 0 unspecified atom stereocenters. The number of hydrogen-bond acceptors (Lipinski definition) is 3. The van der Waals surface area contributed by atoms with Crippen molar-refractivity contribution in [1.29, 1.82) is 0 Å². The molecule has 0 atom stereocenters. The molecule has 0 fully saturated rings. The van der Waals surface area contributed by atoms with Crippen LogP contribution in [0.2, 0.25) is 5.02 Å². The topological polar surface area (TPSA) is 64.7 Å². The van der Waals surface area contributed by atoms with Crippen LogP contribution >= 0.6 is 11.6 Å². The van der Waals surface area contributed by atoms with Gasteiger partial charge in [0.25, 0.3) is 5.91 Å². The van der Waals surface area contributed by atoms with Gasteiger partial charge in [-0.05, 0) is 0 Å². The van der Waals surface area contributed by atoms with Gasteiger partial charge in [0.1, 0.15) is 10.7 Å². The van der Waals surface area contributed by atoms with E-state index in [-0.39, 0.29) is 11.5 Å². The van der Waals surface area contributed by atoms with Crippen molar-refractivity contribution in [2.24, 2.45) is 14.1 Å². The Labute approximate surface area is 116 Å². The molecule has 0 aliphatic heterocycles. The number of alkyl halides is 3. The summed E-state index contributed by atoms with van der Waals surface area (Å²) in [5, 5.41) is 8.70. The fourth-order valence-electron chi connectivity index (χ4n) is 1.58. The van der Waals surface area contributed by atoms with Crippen LogP contribution in [0.4, 0.5) is 19.0 Å². The van der Waals surface area contributed by atoms with Crippen LogP contribution < -0.4 is 5.32 Å². The van der Waals surface area contributed by atoms with Gasteiger partial charge in [0.15, 0.2) is 11.5 Å². The average molecular weight is 308 g/mol. The van der Waals surface area contributed by atoms with E-state index in [0.29, 0.717) is 0 Å². The highest BCUT2D eigenvalue weighted by Gasteiger charge is 2.39. The minimum Gasteiger partial charge on any atom is -0.304 e. The Balaban J connectivity index is 2.33. The number of hydrogen-bond donors (Lipinski definition) is 1. The van der Waals surface area contributed by atoms with E-state index in [1.54, 1.807) is 13.2 Å². The highest BCUT2D eigenvalue weighted by molar-refractivity contribution is 6.34. The van der Waals surface area contributed by atoms with Crippen LogP contribution in [0.5, 0.6) is 0 Å². The van der Waals surface area contributed by atoms with E-state index in [1.165, 1.54) is 17.8 Å². The van der Waals surface area contributed by atoms with E-state index in [2.05, 4.69) is 15.5 Å². The molecule has 1 N–H and O–H groups in total. The van der Waals surface area contributed by atoms with Gasteiger partial charge in [-0.1, -0.05) is 11.6 Å². The highest BCUT2D eigenvalue weighted by atomic mass is 35.5. The second-order valence-corrected chi connectivity index (χ2v) is 4.34. The fourth-order valence-corrected chi connectivity index (χ4v) is 1.94. The molecule has 2 aromatic rings. The Morgan fingerprint density at radius 1 is 1.35 bits per heavy atom. The predicted molar refractivity (Wildman–Crippen MR) is 64.4 cm³/mol. The molecule has 2 heterocycles. The van der Waals surface area contributed by atoms with Gasteiger partial charge < -0.3 is 5.32 Å². The quantitative estimate of drug-likeness (QED) is 0.924. The zero-order chi connectivity index (χ0) is 15.1. The molecule has 0 radical (unpaired) electrons. The third-order valence-corrected chi connectivity index (χ3v) is 2.79. The van der Waals surface area contributed by atoms with Crippen LogP contribution in [-0.4, -0.2) is 25.5 Å². The van der Waals surface area contributed by atoms with Crippen LogP contribution in [0.1, 0.15) is 16.2 Å². The number of halogens is 4. The van der Waals surface area contributed by atoms with Crippen molar-refractivity contribution < 1.29 is 18.0 Å². The van der Waals surface area contributed by atoms with E-state index in [9.17, 15) is 18.0 Å². The lowest BCUT2D eigenvalue weighted by atomic mass is 10.3. The molecule has 0 aliphatic carbocycles. The Morgan fingerprint density at radius 3 is 2.45 bits per heavy atom. The largest absolute Gasteiger partial charge is 0.436 e. The van der Waals surface area contributed by atoms with Crippen LogP contribution in [0.3, 0.4) is 0 Å². The summed E-state index contributed by atoms with van der Waals surface area (Å²) in [4.78, 5) is 11.9. The van der Waals surface area contributed by atoms with Crippen LogP contribution in [-0.2, 0) is 20.3 Å². The Kier molecular flexibility index (Phi) is 3.46. The van der Waals surface area contributed by atoms with Gasteiger partial charge in [-0.15, -0.1) is 0 Å². The summed E-state index contributed by atoms with van der Waals surface area (Å²) >= 11 is 5.59. The summed E-state index contributed by atoms with van der Waals surface area (Å²) in [5.74, 6) is -0.623. The molecule has 0 aliphatic rings. The number of carbonyl (C=O) groups is 1. The smallest absolute Gasteiger partial charge is 0.304 e. The summed E-state index contributed by atoms with van der Waals surface area (Å²) in [6, 6.07) is 1.49. The summed E-state index contributed by atoms with van der Waals surface area (Å²) < 4.78 is 40.1. The molecule has 2 aromatic heterocycles. The molecule has 108 valence electrons. The number of anilines is 1. The summed E-state index contributed by atoms with van der Waals surface area (Å²) in [7, 11) is 2.84. The number of carbonyl (C=O) groups excluding carboxylic acids is 1. The monoisotopic (exact) mass is 307 g/mol. The Morgan fingerprint density at radius 2 is 2.00 bits per heavy atom. The van der Waals surface area contributed by atoms with Gasteiger partial charge in [0.05, 0.1) is 0 Å². The van der Waals surface area contributed by atoms with E-state index in [0.717, 1.165) is 4.68 Å². The first-order valence-corrected chi connectivity index (χ1v) is 5.68. The molecule has 0 saturated carbocycles. The summed E-state index contributed by atoms with van der Waals surface area (Å²) in [6.45, 7) is 0. The SMILES string of the molecule is Cn1ccc(NC(=O)c2c(Cl)c(C(F)(F)F)nn2C)n1. The zero-order valence-corrected chi connectivity index (χ0v) is 11.1. The molecule has 2 rings (SSSR count). The normalized spacial score (nSPS) is 11.7. The van der Waals surface area contributed by atoms with E-state index in [4.69, 9.17) is 11.6 Å². The third kappa shape index (κ3) is 2.62. The molecular weight excluding hydrogens is 299 g/mol. The number of nitrogens with one attached hydrogen (secondary N) is 1. The highest BCUT2D eigenvalue weighted by Crippen LogP contribution is 2.35. The first kappa shape index (κ1) is 14.4. The number of rotatable bonds is 2. The molecular formula is C10H9ClF3N5O. The lowest BCUT2D eigenvalue weighted by Gasteiger charge is -2.03. The van der Waals surface area contributed by atoms with Gasteiger partial charge in [-0.3, -0.25) is 14.2 Å². The zero-order valence-electron chi connectivity index (χ0n) is 10.4. The molecule has 0 aromatic carbocycles. The first-order chi connectivity index (χ1) is 9.20. The van der Waals surface area contributed by atoms with Crippen molar-refractivity contribution in [3.05, 3.63) is 28.7 Å². The maximum atomic E-state index is 12.6. The standard InChI is InChI=1S/C10H9ClF3N5O/c1-18-4-3-5(16-18)15-9(20)7-6(11)8(10(12,13)14)17-19(7)2/h3-4H,1-2H3,(H,15,16,20). The molecule has 6 nitrogen and oxygen atoms in total. The molecule has 1 amide bonds. The number of aromatic nitrogens is 4. The van der Waals surface area contributed by atoms with Crippen LogP contribution in [0.15, 0.2) is 12.3 Å². The lowest BCUT2D eigenvalue weighted by Crippen LogP contribution is -2.17. The van der Waals surface area contributed by atoms with Crippen molar-refractivity contribution in [2.75, 3.05) is 5.32 Å². The van der Waals surface area contributed by atoms with Crippen molar-refractivity contribution in [1.82, 2.24) is 19.6 Å². The second kappa shape index (κ2) is 4.82. The van der Waals surface area contributed by atoms with Crippen molar-refractivity contribution >= 4 is 23.3 Å². The van der Waals surface area contributed by atoms with Crippen LogP contribution in [0.25, 0.3) is 0 Å². The minimum atomic E-state index is -4.72. The molecule has 0 spiro atoms. The van der Waals surface area contributed by atoms with Crippen molar-refractivity contribution in [3.63, 3.8) is 0 Å². The van der Waals surface area contributed by atoms with Crippen molar-refractivity contribution in [2.45, 2.75) is 6.18 Å². The fraction of sp³-hybridized carbons (Fsp3) is 0.300. The van der Waals surface area contributed by atoms with E-state index < -0.39 is 22.8 Å². The van der Waals surface area contributed by atoms with Gasteiger partial charge in [0, 0.05) is 26.4 Å². The maximum absolute atomic E-state index is 12.6. The van der Waals surface area contributed by atoms with Gasteiger partial charge >= 0.3 is 6.18 Å². The minimum absolute atomic E-state index is 0.198. The van der Waals surface area contributed by atoms with Gasteiger partial charge in [-0.2, -0.15) is 23.4 Å². The van der Waals surface area contributed by atoms with Crippen LogP contribution in [0, 0.1) is 0 Å². The number of nitrogens with zero attached hydrogens (tertiary/aromatic N) is 4. The molecule has 0 bridgehead atoms. The number of aryl methyl sites for hydroxylation is 2. The summed E-state index contributed by atoms with van der Waals surface area (Å²) in [6.07, 6.45) is -3.15. The first-order valence-electron chi connectivity index (χ1n) is 5.31. The van der Waals surface area contributed by atoms with E-state index in [1.807, 2.05) is 0 Å². The molecule has 10 heteroatoms. The number of amides is 1.